The Balaban J connectivity index is 2.33. The van der Waals surface area contributed by atoms with Gasteiger partial charge in [0.05, 0.1) is 0 Å². The molecule has 0 heterocycles. The highest BCUT2D eigenvalue weighted by molar-refractivity contribution is 7.98. The lowest BCUT2D eigenvalue weighted by Crippen LogP contribution is -2.29. The molecule has 1 aromatic rings. The number of thioether (sulfide) groups is 1. The Hall–Kier alpha value is -0.445. The molecule has 0 aliphatic carbocycles. The predicted molar refractivity (Wildman–Crippen MR) is 72.0 cm³/mol. The van der Waals surface area contributed by atoms with Crippen molar-refractivity contribution in [2.75, 3.05) is 5.75 Å². The fourth-order valence-corrected chi connectivity index (χ4v) is 2.46. The summed E-state index contributed by atoms with van der Waals surface area (Å²) in [4.78, 5) is 0. The minimum absolute atomic E-state index is 0.576. The maximum atomic E-state index is 9.04. The van der Waals surface area contributed by atoms with E-state index in [9.17, 15) is 0 Å². The van der Waals surface area contributed by atoms with Crippen LogP contribution in [-0.2, 0) is 5.75 Å². The van der Waals surface area contributed by atoms with Crippen molar-refractivity contribution in [1.82, 2.24) is 0 Å². The lowest BCUT2D eigenvalue weighted by atomic mass is 9.80. The van der Waals surface area contributed by atoms with E-state index in [2.05, 4.69) is 6.92 Å². The Bertz CT molecular complexity index is 305. The first kappa shape index (κ1) is 13.6. The highest BCUT2D eigenvalue weighted by Gasteiger charge is 2.10. The topological polar surface area (TPSA) is 40.5 Å². The Kier molecular flexibility index (Phi) is 6.61. The predicted octanol–water partition coefficient (Wildman–Crippen LogP) is 1.79. The lowest BCUT2D eigenvalue weighted by Gasteiger charge is -2.04. The zero-order valence-corrected chi connectivity index (χ0v) is 10.5. The molecule has 0 amide bonds. The van der Waals surface area contributed by atoms with Gasteiger partial charge in [-0.3, -0.25) is 0 Å². The minimum Gasteiger partial charge on any atom is -0.423 e. The van der Waals surface area contributed by atoms with E-state index in [0.717, 1.165) is 11.3 Å². The second kappa shape index (κ2) is 7.77. The molecule has 0 aliphatic heterocycles. The summed E-state index contributed by atoms with van der Waals surface area (Å²) in [7, 11) is -1.36. The quantitative estimate of drug-likeness (QED) is 0.562. The van der Waals surface area contributed by atoms with Crippen LogP contribution >= 0.6 is 11.8 Å². The zero-order valence-electron chi connectivity index (χ0n) is 9.72. The average Bonchev–Trinajstić information content (AvgIpc) is 2.29. The van der Waals surface area contributed by atoms with E-state index in [4.69, 9.17) is 10.0 Å². The van der Waals surface area contributed by atoms with Gasteiger partial charge in [-0.2, -0.15) is 11.8 Å². The van der Waals surface area contributed by atoms with E-state index in [0.29, 0.717) is 5.46 Å². The smallest absolute Gasteiger partial charge is 0.423 e. The Morgan fingerprint density at radius 3 is 2.75 bits per heavy atom. The van der Waals surface area contributed by atoms with Gasteiger partial charge in [0.15, 0.2) is 0 Å². The van der Waals surface area contributed by atoms with E-state index in [1.54, 1.807) is 6.07 Å². The lowest BCUT2D eigenvalue weighted by molar-refractivity contribution is 0.425. The van der Waals surface area contributed by atoms with E-state index < -0.39 is 7.12 Å². The van der Waals surface area contributed by atoms with Gasteiger partial charge in [0.25, 0.3) is 0 Å². The number of benzene rings is 1. The van der Waals surface area contributed by atoms with E-state index in [-0.39, 0.29) is 0 Å². The van der Waals surface area contributed by atoms with Crippen molar-refractivity contribution in [2.24, 2.45) is 0 Å². The molecule has 0 aromatic heterocycles. The minimum atomic E-state index is -1.36. The molecule has 16 heavy (non-hydrogen) atoms. The first-order chi connectivity index (χ1) is 7.74. The maximum Gasteiger partial charge on any atom is 0.488 e. The molecule has 4 heteroatoms. The molecule has 0 atom stereocenters. The molecule has 0 unspecified atom stereocenters. The first-order valence-electron chi connectivity index (χ1n) is 5.76. The first-order valence-corrected chi connectivity index (χ1v) is 6.92. The number of hydrogen-bond donors (Lipinski definition) is 2. The largest absolute Gasteiger partial charge is 0.488 e. The summed E-state index contributed by atoms with van der Waals surface area (Å²) in [6.07, 6.45) is 3.82. The highest BCUT2D eigenvalue weighted by atomic mass is 32.2. The molecule has 0 spiro atoms. The summed E-state index contributed by atoms with van der Waals surface area (Å²) in [6, 6.07) is 7.49. The van der Waals surface area contributed by atoms with Crippen molar-refractivity contribution in [1.29, 1.82) is 0 Å². The second-order valence-electron chi connectivity index (χ2n) is 3.88. The maximum absolute atomic E-state index is 9.04. The highest BCUT2D eigenvalue weighted by Crippen LogP contribution is 2.13. The zero-order chi connectivity index (χ0) is 11.8. The Morgan fingerprint density at radius 1 is 1.25 bits per heavy atom. The van der Waals surface area contributed by atoms with Crippen LogP contribution in [-0.4, -0.2) is 22.9 Å². The standard InChI is InChI=1S/C12H19BO2S/c1-2-3-4-8-16-10-11-6-5-7-12(9-11)13(14)15/h5-7,9,14-15H,2-4,8,10H2,1H3. The fraction of sp³-hybridized carbons (Fsp3) is 0.500. The van der Waals surface area contributed by atoms with Gasteiger partial charge in [0, 0.05) is 5.75 Å². The molecule has 0 aliphatic rings. The fourth-order valence-electron chi connectivity index (χ4n) is 1.49. The molecule has 0 saturated carbocycles. The number of rotatable bonds is 7. The summed E-state index contributed by atoms with van der Waals surface area (Å²) < 4.78 is 0. The van der Waals surface area contributed by atoms with Crippen LogP contribution in [0.1, 0.15) is 31.7 Å². The van der Waals surface area contributed by atoms with Crippen molar-refractivity contribution in [3.8, 4) is 0 Å². The van der Waals surface area contributed by atoms with Crippen LogP contribution in [0.2, 0.25) is 0 Å². The number of hydrogen-bond acceptors (Lipinski definition) is 3. The molecule has 1 aromatic carbocycles. The summed E-state index contributed by atoms with van der Waals surface area (Å²) >= 11 is 1.90. The SMILES string of the molecule is CCCCCSCc1cccc(B(O)O)c1. The van der Waals surface area contributed by atoms with E-state index in [1.165, 1.54) is 25.0 Å². The van der Waals surface area contributed by atoms with Crippen LogP contribution in [0.25, 0.3) is 0 Å². The molecule has 2 nitrogen and oxygen atoms in total. The van der Waals surface area contributed by atoms with Crippen LogP contribution in [0, 0.1) is 0 Å². The summed E-state index contributed by atoms with van der Waals surface area (Å²) in [5, 5.41) is 18.1. The van der Waals surface area contributed by atoms with Gasteiger partial charge in [0.1, 0.15) is 0 Å². The van der Waals surface area contributed by atoms with Gasteiger partial charge < -0.3 is 10.0 Å². The van der Waals surface area contributed by atoms with Gasteiger partial charge in [-0.15, -0.1) is 0 Å². The van der Waals surface area contributed by atoms with Crippen molar-refractivity contribution in [3.63, 3.8) is 0 Å². The molecule has 0 radical (unpaired) electrons. The Morgan fingerprint density at radius 2 is 2.06 bits per heavy atom. The third-order valence-corrected chi connectivity index (χ3v) is 3.52. The van der Waals surface area contributed by atoms with Crippen LogP contribution in [0.4, 0.5) is 0 Å². The van der Waals surface area contributed by atoms with Gasteiger partial charge in [-0.25, -0.2) is 0 Å². The summed E-state index contributed by atoms with van der Waals surface area (Å²) in [6.45, 7) is 2.21. The molecule has 0 bridgehead atoms. The van der Waals surface area contributed by atoms with E-state index >= 15 is 0 Å². The molecular formula is C12H19BO2S. The molecule has 0 saturated heterocycles. The normalized spacial score (nSPS) is 10.4. The molecular weight excluding hydrogens is 219 g/mol. The molecule has 0 fully saturated rings. The van der Waals surface area contributed by atoms with Crippen LogP contribution in [0.5, 0.6) is 0 Å². The van der Waals surface area contributed by atoms with Crippen LogP contribution < -0.4 is 5.46 Å². The molecule has 88 valence electrons. The second-order valence-corrected chi connectivity index (χ2v) is 4.98. The molecule has 1 rings (SSSR count). The van der Waals surface area contributed by atoms with Gasteiger partial charge in [0.2, 0.25) is 0 Å². The number of unbranched alkanes of at least 4 members (excludes halogenated alkanes) is 2. The van der Waals surface area contributed by atoms with Crippen molar-refractivity contribution in [2.45, 2.75) is 31.9 Å². The van der Waals surface area contributed by atoms with E-state index in [1.807, 2.05) is 30.0 Å². The van der Waals surface area contributed by atoms with Crippen LogP contribution in [0.15, 0.2) is 24.3 Å². The third-order valence-electron chi connectivity index (χ3n) is 2.41. The molecule has 2 N–H and O–H groups in total. The van der Waals surface area contributed by atoms with Crippen molar-refractivity contribution >= 4 is 24.3 Å². The van der Waals surface area contributed by atoms with Gasteiger partial charge in [-0.1, -0.05) is 44.0 Å². The van der Waals surface area contributed by atoms with Crippen LogP contribution in [0.3, 0.4) is 0 Å². The average molecular weight is 238 g/mol. The summed E-state index contributed by atoms with van der Waals surface area (Å²) in [5.74, 6) is 2.13. The van der Waals surface area contributed by atoms with Crippen molar-refractivity contribution < 1.29 is 10.0 Å². The third kappa shape index (κ3) is 5.06. The van der Waals surface area contributed by atoms with Gasteiger partial charge in [-0.05, 0) is 23.2 Å². The summed E-state index contributed by atoms with van der Waals surface area (Å²) in [5.41, 5.74) is 1.73. The monoisotopic (exact) mass is 238 g/mol. The van der Waals surface area contributed by atoms with Crippen molar-refractivity contribution in [3.05, 3.63) is 29.8 Å². The Labute approximate surface area is 102 Å². The van der Waals surface area contributed by atoms with Gasteiger partial charge >= 0.3 is 7.12 Å².